The van der Waals surface area contributed by atoms with Crippen molar-refractivity contribution in [1.29, 1.82) is 0 Å². The van der Waals surface area contributed by atoms with Gasteiger partial charge in [-0.25, -0.2) is 0 Å². The highest BCUT2D eigenvalue weighted by molar-refractivity contribution is 7.79. The third kappa shape index (κ3) is 19.3. The Bertz CT molecular complexity index is 364. The standard InChI is InChI=1S/C15H30N2.H2O4S/c1-2-3-4-5-6-7-8-9-10-11-13-17-14-12-16-15-17;1-5(2,3)4/h15H,2-14H2,1H3;(H2,1,2,3,4). The minimum Gasteiger partial charge on any atom is -0.361 e. The fourth-order valence-corrected chi connectivity index (χ4v) is 2.39. The van der Waals surface area contributed by atoms with Crippen molar-refractivity contribution in [2.45, 2.75) is 71.1 Å². The van der Waals surface area contributed by atoms with Crippen molar-refractivity contribution in [1.82, 2.24) is 4.90 Å². The van der Waals surface area contributed by atoms with E-state index in [-0.39, 0.29) is 0 Å². The molecule has 7 heteroatoms. The second-order valence-electron chi connectivity index (χ2n) is 5.69. The molecular weight excluding hydrogens is 304 g/mol. The largest absolute Gasteiger partial charge is 0.394 e. The molecule has 0 atom stereocenters. The Hall–Kier alpha value is -0.660. The molecule has 0 amide bonds. The zero-order valence-corrected chi connectivity index (χ0v) is 14.6. The summed E-state index contributed by atoms with van der Waals surface area (Å²) in [4.78, 5) is 6.58. The zero-order valence-electron chi connectivity index (χ0n) is 13.8. The molecule has 0 aromatic heterocycles. The van der Waals surface area contributed by atoms with Gasteiger partial charge >= 0.3 is 10.4 Å². The van der Waals surface area contributed by atoms with E-state index in [1.807, 2.05) is 6.34 Å². The average Bonchev–Trinajstić information content (AvgIpc) is 2.92. The van der Waals surface area contributed by atoms with Crippen molar-refractivity contribution in [3.05, 3.63) is 0 Å². The van der Waals surface area contributed by atoms with Crippen LogP contribution in [0.2, 0.25) is 0 Å². The minimum atomic E-state index is -4.67. The molecule has 0 aromatic rings. The van der Waals surface area contributed by atoms with E-state index in [2.05, 4.69) is 16.8 Å². The highest BCUT2D eigenvalue weighted by atomic mass is 32.3. The third-order valence-electron chi connectivity index (χ3n) is 3.56. The maximum Gasteiger partial charge on any atom is 0.394 e. The van der Waals surface area contributed by atoms with Crippen LogP contribution in [0.5, 0.6) is 0 Å². The predicted molar refractivity (Wildman–Crippen MR) is 91.0 cm³/mol. The van der Waals surface area contributed by atoms with E-state index >= 15 is 0 Å². The van der Waals surface area contributed by atoms with Crippen LogP contribution in [0.3, 0.4) is 0 Å². The van der Waals surface area contributed by atoms with Crippen molar-refractivity contribution < 1.29 is 17.5 Å². The van der Waals surface area contributed by atoms with Gasteiger partial charge in [0.15, 0.2) is 0 Å². The van der Waals surface area contributed by atoms with Gasteiger partial charge in [-0.1, -0.05) is 64.7 Å². The van der Waals surface area contributed by atoms with Crippen LogP contribution >= 0.6 is 0 Å². The molecule has 0 aromatic carbocycles. The summed E-state index contributed by atoms with van der Waals surface area (Å²) in [5.74, 6) is 0. The van der Waals surface area contributed by atoms with Crippen LogP contribution in [0.4, 0.5) is 0 Å². The summed E-state index contributed by atoms with van der Waals surface area (Å²) in [6.07, 6.45) is 16.3. The molecule has 1 rings (SSSR count). The normalized spacial score (nSPS) is 14.0. The lowest BCUT2D eigenvalue weighted by Crippen LogP contribution is -2.20. The Morgan fingerprint density at radius 1 is 0.955 bits per heavy atom. The fraction of sp³-hybridized carbons (Fsp3) is 0.933. The molecule has 22 heavy (non-hydrogen) atoms. The van der Waals surface area contributed by atoms with E-state index in [1.54, 1.807) is 0 Å². The maximum atomic E-state index is 8.74. The van der Waals surface area contributed by atoms with E-state index in [1.165, 1.54) is 70.8 Å². The van der Waals surface area contributed by atoms with Crippen molar-refractivity contribution in [2.24, 2.45) is 4.99 Å². The number of rotatable bonds is 11. The topological polar surface area (TPSA) is 90.2 Å². The molecule has 1 aliphatic rings. The summed E-state index contributed by atoms with van der Waals surface area (Å²) in [7, 11) is -4.67. The van der Waals surface area contributed by atoms with E-state index in [9.17, 15) is 0 Å². The highest BCUT2D eigenvalue weighted by Gasteiger charge is 2.03. The number of hydrogen-bond acceptors (Lipinski definition) is 4. The van der Waals surface area contributed by atoms with Crippen LogP contribution in [0.25, 0.3) is 0 Å². The molecule has 1 aliphatic heterocycles. The van der Waals surface area contributed by atoms with Crippen LogP contribution in [0.15, 0.2) is 4.99 Å². The summed E-state index contributed by atoms with van der Waals surface area (Å²) >= 11 is 0. The lowest BCUT2D eigenvalue weighted by molar-refractivity contribution is 0.381. The average molecular weight is 336 g/mol. The van der Waals surface area contributed by atoms with Gasteiger partial charge in [0.25, 0.3) is 0 Å². The monoisotopic (exact) mass is 336 g/mol. The first kappa shape index (κ1) is 21.3. The Morgan fingerprint density at radius 2 is 1.41 bits per heavy atom. The number of aliphatic imine (C=N–C) groups is 1. The first-order valence-electron chi connectivity index (χ1n) is 8.37. The Morgan fingerprint density at radius 3 is 1.82 bits per heavy atom. The molecule has 1 heterocycles. The summed E-state index contributed by atoms with van der Waals surface area (Å²) in [5, 5.41) is 0. The molecule has 0 radical (unpaired) electrons. The van der Waals surface area contributed by atoms with Gasteiger partial charge in [-0.05, 0) is 6.42 Å². The Balaban J connectivity index is 0.000000763. The second kappa shape index (κ2) is 14.0. The van der Waals surface area contributed by atoms with Gasteiger partial charge in [-0.15, -0.1) is 0 Å². The van der Waals surface area contributed by atoms with Crippen LogP contribution < -0.4 is 0 Å². The smallest absolute Gasteiger partial charge is 0.361 e. The molecule has 6 nitrogen and oxygen atoms in total. The van der Waals surface area contributed by atoms with E-state index < -0.39 is 10.4 Å². The Kier molecular flexibility index (Phi) is 13.5. The zero-order chi connectivity index (χ0) is 16.7. The van der Waals surface area contributed by atoms with Gasteiger partial charge < -0.3 is 4.90 Å². The molecule has 2 N–H and O–H groups in total. The molecule has 0 fully saturated rings. The van der Waals surface area contributed by atoms with Crippen LogP contribution in [-0.2, 0) is 10.4 Å². The first-order chi connectivity index (χ1) is 10.4. The summed E-state index contributed by atoms with van der Waals surface area (Å²) in [6, 6.07) is 0. The van der Waals surface area contributed by atoms with Gasteiger partial charge in [0.05, 0.1) is 12.9 Å². The summed E-state index contributed by atoms with van der Waals surface area (Å²) in [6.45, 7) is 5.67. The molecular formula is C15H32N2O4S. The fourth-order valence-electron chi connectivity index (χ4n) is 2.39. The third-order valence-corrected chi connectivity index (χ3v) is 3.56. The van der Waals surface area contributed by atoms with E-state index in [4.69, 9.17) is 17.5 Å². The molecule has 132 valence electrons. The number of nitrogens with zero attached hydrogens (tertiary/aromatic N) is 2. The van der Waals surface area contributed by atoms with Crippen LogP contribution in [-0.4, -0.2) is 48.4 Å². The first-order valence-corrected chi connectivity index (χ1v) is 9.77. The molecule has 0 saturated carbocycles. The van der Waals surface area contributed by atoms with Gasteiger partial charge in [-0.3, -0.25) is 14.1 Å². The van der Waals surface area contributed by atoms with Crippen LogP contribution in [0, 0.1) is 0 Å². The lowest BCUT2D eigenvalue weighted by Gasteiger charge is -2.12. The van der Waals surface area contributed by atoms with Crippen molar-refractivity contribution >= 4 is 16.7 Å². The predicted octanol–water partition coefficient (Wildman–Crippen LogP) is 3.60. The molecule has 0 unspecified atom stereocenters. The van der Waals surface area contributed by atoms with Crippen LogP contribution in [0.1, 0.15) is 71.1 Å². The summed E-state index contributed by atoms with van der Waals surface area (Å²) < 4.78 is 31.6. The lowest BCUT2D eigenvalue weighted by atomic mass is 10.1. The SMILES string of the molecule is CCCCCCCCCCCCN1C=NCC1.O=S(=O)(O)O. The maximum absolute atomic E-state index is 8.74. The number of hydrogen-bond donors (Lipinski definition) is 2. The van der Waals surface area contributed by atoms with Gasteiger partial charge in [-0.2, -0.15) is 8.42 Å². The quantitative estimate of drug-likeness (QED) is 0.444. The molecule has 0 saturated heterocycles. The van der Waals surface area contributed by atoms with Crippen molar-refractivity contribution in [3.63, 3.8) is 0 Å². The number of unbranched alkanes of at least 4 members (excludes halogenated alkanes) is 9. The Labute approximate surface area is 135 Å². The van der Waals surface area contributed by atoms with Gasteiger partial charge in [0.1, 0.15) is 0 Å². The highest BCUT2D eigenvalue weighted by Crippen LogP contribution is 2.10. The molecule has 0 spiro atoms. The minimum absolute atomic E-state index is 1.01. The summed E-state index contributed by atoms with van der Waals surface area (Å²) in [5.41, 5.74) is 0. The van der Waals surface area contributed by atoms with E-state index in [0.717, 1.165) is 13.1 Å². The van der Waals surface area contributed by atoms with Crippen molar-refractivity contribution in [2.75, 3.05) is 19.6 Å². The second-order valence-corrected chi connectivity index (χ2v) is 6.58. The van der Waals surface area contributed by atoms with Gasteiger partial charge in [0.2, 0.25) is 0 Å². The van der Waals surface area contributed by atoms with Crippen molar-refractivity contribution in [3.8, 4) is 0 Å². The van der Waals surface area contributed by atoms with Gasteiger partial charge in [0, 0.05) is 13.1 Å². The van der Waals surface area contributed by atoms with E-state index in [0.29, 0.717) is 0 Å². The molecule has 0 aliphatic carbocycles. The molecule has 0 bridgehead atoms.